The number of hydrogen-bond acceptors (Lipinski definition) is 5. The van der Waals surface area contributed by atoms with E-state index in [4.69, 9.17) is 15.3 Å². The SMILES string of the molecule is Cc1ccsc1C(NN)C1CCOC2(CCOCC2)C1. The molecule has 1 aromatic heterocycles. The molecule has 2 aliphatic rings. The number of hydrazine groups is 1. The van der Waals surface area contributed by atoms with E-state index < -0.39 is 0 Å². The molecule has 2 unspecified atom stereocenters. The Kier molecular flexibility index (Phi) is 4.43. The quantitative estimate of drug-likeness (QED) is 0.665. The van der Waals surface area contributed by atoms with Crippen molar-refractivity contribution in [3.8, 4) is 0 Å². The molecule has 0 aliphatic carbocycles. The number of nitrogens with one attached hydrogen (secondary N) is 1. The van der Waals surface area contributed by atoms with E-state index in [2.05, 4.69) is 23.8 Å². The van der Waals surface area contributed by atoms with Crippen molar-refractivity contribution < 1.29 is 9.47 Å². The summed E-state index contributed by atoms with van der Waals surface area (Å²) in [4.78, 5) is 1.38. The van der Waals surface area contributed by atoms with Crippen LogP contribution in [0.5, 0.6) is 0 Å². The normalized spacial score (nSPS) is 27.6. The van der Waals surface area contributed by atoms with Gasteiger partial charge < -0.3 is 9.47 Å². The summed E-state index contributed by atoms with van der Waals surface area (Å²) in [5.41, 5.74) is 4.43. The van der Waals surface area contributed by atoms with Crippen LogP contribution in [0.2, 0.25) is 0 Å². The number of rotatable bonds is 3. The third kappa shape index (κ3) is 2.78. The maximum Gasteiger partial charge on any atom is 0.0729 e. The average Bonchev–Trinajstić information content (AvgIpc) is 2.87. The zero-order chi connectivity index (χ0) is 14.0. The zero-order valence-corrected chi connectivity index (χ0v) is 12.9. The van der Waals surface area contributed by atoms with E-state index >= 15 is 0 Å². The molecule has 2 fully saturated rings. The number of aryl methyl sites for hydroxylation is 1. The maximum absolute atomic E-state index is 6.13. The van der Waals surface area contributed by atoms with Crippen LogP contribution in [0.1, 0.15) is 42.2 Å². The summed E-state index contributed by atoms with van der Waals surface area (Å²) >= 11 is 1.80. The molecule has 5 heteroatoms. The lowest BCUT2D eigenvalue weighted by Crippen LogP contribution is -2.47. The number of thiophene rings is 1. The molecule has 20 heavy (non-hydrogen) atoms. The van der Waals surface area contributed by atoms with Crippen LogP contribution in [0.4, 0.5) is 0 Å². The van der Waals surface area contributed by atoms with Gasteiger partial charge in [0.05, 0.1) is 11.6 Å². The van der Waals surface area contributed by atoms with E-state index in [0.717, 1.165) is 45.5 Å². The van der Waals surface area contributed by atoms with Gasteiger partial charge in [0, 0.05) is 24.7 Å². The van der Waals surface area contributed by atoms with E-state index in [1.165, 1.54) is 10.4 Å². The molecule has 0 aromatic carbocycles. The van der Waals surface area contributed by atoms with Crippen LogP contribution in [0.25, 0.3) is 0 Å². The third-order valence-electron chi connectivity index (χ3n) is 4.77. The van der Waals surface area contributed by atoms with Gasteiger partial charge in [0.25, 0.3) is 0 Å². The second kappa shape index (κ2) is 6.12. The van der Waals surface area contributed by atoms with E-state index in [0.29, 0.717) is 5.92 Å². The number of hydrogen-bond donors (Lipinski definition) is 2. The molecule has 1 spiro atoms. The predicted molar refractivity (Wildman–Crippen MR) is 80.6 cm³/mol. The highest BCUT2D eigenvalue weighted by atomic mass is 32.1. The topological polar surface area (TPSA) is 56.5 Å². The molecule has 112 valence electrons. The molecule has 1 aromatic rings. The highest BCUT2D eigenvalue weighted by Crippen LogP contribution is 2.43. The van der Waals surface area contributed by atoms with Crippen LogP contribution in [-0.2, 0) is 9.47 Å². The van der Waals surface area contributed by atoms with Crippen LogP contribution in [-0.4, -0.2) is 25.4 Å². The fourth-order valence-corrected chi connectivity index (χ4v) is 4.65. The zero-order valence-electron chi connectivity index (χ0n) is 12.1. The van der Waals surface area contributed by atoms with Crippen LogP contribution in [0.3, 0.4) is 0 Å². The van der Waals surface area contributed by atoms with Crippen molar-refractivity contribution in [1.82, 2.24) is 5.43 Å². The van der Waals surface area contributed by atoms with Crippen molar-refractivity contribution in [1.29, 1.82) is 0 Å². The van der Waals surface area contributed by atoms with Gasteiger partial charge >= 0.3 is 0 Å². The minimum absolute atomic E-state index is 0.0292. The van der Waals surface area contributed by atoms with Crippen molar-refractivity contribution >= 4 is 11.3 Å². The van der Waals surface area contributed by atoms with Gasteiger partial charge in [-0.25, -0.2) is 0 Å². The van der Waals surface area contributed by atoms with Crippen molar-refractivity contribution in [2.24, 2.45) is 11.8 Å². The van der Waals surface area contributed by atoms with E-state index in [9.17, 15) is 0 Å². The molecule has 0 amide bonds. The summed E-state index contributed by atoms with van der Waals surface area (Å²) in [6.07, 6.45) is 4.20. The number of ether oxygens (including phenoxy) is 2. The Labute approximate surface area is 124 Å². The van der Waals surface area contributed by atoms with Gasteiger partial charge in [-0.15, -0.1) is 11.3 Å². The molecule has 3 N–H and O–H groups in total. The lowest BCUT2D eigenvalue weighted by atomic mass is 9.77. The number of nitrogens with two attached hydrogens (primary N) is 1. The van der Waals surface area contributed by atoms with Crippen LogP contribution >= 0.6 is 11.3 Å². The Morgan fingerprint density at radius 2 is 2.20 bits per heavy atom. The van der Waals surface area contributed by atoms with E-state index in [-0.39, 0.29) is 11.6 Å². The second-order valence-corrected chi connectivity index (χ2v) is 6.96. The summed E-state index contributed by atoms with van der Waals surface area (Å²) in [5.74, 6) is 6.42. The highest BCUT2D eigenvalue weighted by molar-refractivity contribution is 7.10. The fraction of sp³-hybridized carbons (Fsp3) is 0.733. The molecule has 2 atom stereocenters. The molecule has 3 rings (SSSR count). The highest BCUT2D eigenvalue weighted by Gasteiger charge is 2.41. The standard InChI is InChI=1S/C15H24N2O2S/c1-11-3-9-20-14(11)13(17-16)12-2-6-19-15(10-12)4-7-18-8-5-15/h3,9,12-13,17H,2,4-8,10,16H2,1H3. The Balaban J connectivity index is 1.76. The molecule has 4 nitrogen and oxygen atoms in total. The minimum atomic E-state index is 0.0292. The molecule has 2 aliphatic heterocycles. The first-order valence-corrected chi connectivity index (χ1v) is 8.34. The molecule has 0 bridgehead atoms. The Morgan fingerprint density at radius 1 is 1.40 bits per heavy atom. The van der Waals surface area contributed by atoms with Gasteiger partial charge in [-0.1, -0.05) is 0 Å². The lowest BCUT2D eigenvalue weighted by molar-refractivity contribution is -0.150. The summed E-state index contributed by atoms with van der Waals surface area (Å²) < 4.78 is 11.6. The fourth-order valence-electron chi connectivity index (χ4n) is 3.57. The average molecular weight is 296 g/mol. The van der Waals surface area contributed by atoms with E-state index in [1.807, 2.05) is 0 Å². The summed E-state index contributed by atoms with van der Waals surface area (Å²) in [6, 6.07) is 2.42. The third-order valence-corrected chi connectivity index (χ3v) is 5.87. The Morgan fingerprint density at radius 3 is 2.85 bits per heavy atom. The van der Waals surface area contributed by atoms with Gasteiger partial charge in [-0.05, 0) is 55.5 Å². The molecule has 2 saturated heterocycles. The van der Waals surface area contributed by atoms with Gasteiger partial charge in [0.2, 0.25) is 0 Å². The minimum Gasteiger partial charge on any atom is -0.381 e. The van der Waals surface area contributed by atoms with Crippen LogP contribution in [0.15, 0.2) is 11.4 Å². The summed E-state index contributed by atoms with van der Waals surface area (Å²) in [7, 11) is 0. The first kappa shape index (κ1) is 14.5. The van der Waals surface area contributed by atoms with Gasteiger partial charge in [-0.3, -0.25) is 11.3 Å². The van der Waals surface area contributed by atoms with Crippen molar-refractivity contribution in [2.45, 2.75) is 44.2 Å². The first-order chi connectivity index (χ1) is 9.74. The first-order valence-electron chi connectivity index (χ1n) is 7.46. The van der Waals surface area contributed by atoms with Crippen molar-refractivity contribution in [2.75, 3.05) is 19.8 Å². The molecule has 3 heterocycles. The smallest absolute Gasteiger partial charge is 0.0729 e. The Bertz CT molecular complexity index is 437. The molecular formula is C15H24N2O2S. The maximum atomic E-state index is 6.13. The van der Waals surface area contributed by atoms with E-state index in [1.54, 1.807) is 11.3 Å². The molecule has 0 saturated carbocycles. The van der Waals surface area contributed by atoms with Gasteiger partial charge in [0.1, 0.15) is 0 Å². The Hall–Kier alpha value is -0.460. The van der Waals surface area contributed by atoms with Crippen molar-refractivity contribution in [3.05, 3.63) is 21.9 Å². The lowest BCUT2D eigenvalue weighted by Gasteiger charge is -2.45. The largest absolute Gasteiger partial charge is 0.381 e. The van der Waals surface area contributed by atoms with Crippen LogP contribution < -0.4 is 11.3 Å². The molecule has 0 radical (unpaired) electrons. The second-order valence-electron chi connectivity index (χ2n) is 6.01. The van der Waals surface area contributed by atoms with Gasteiger partial charge in [-0.2, -0.15) is 0 Å². The molecular weight excluding hydrogens is 272 g/mol. The summed E-state index contributed by atoms with van der Waals surface area (Å²) in [6.45, 7) is 4.66. The summed E-state index contributed by atoms with van der Waals surface area (Å²) in [5, 5.41) is 2.15. The van der Waals surface area contributed by atoms with Crippen LogP contribution in [0, 0.1) is 12.8 Å². The van der Waals surface area contributed by atoms with Crippen molar-refractivity contribution in [3.63, 3.8) is 0 Å². The monoisotopic (exact) mass is 296 g/mol. The predicted octanol–water partition coefficient (Wildman–Crippen LogP) is 2.54. The van der Waals surface area contributed by atoms with Gasteiger partial charge in [0.15, 0.2) is 0 Å².